The van der Waals surface area contributed by atoms with Crippen molar-refractivity contribution in [1.29, 1.82) is 0 Å². The fourth-order valence-corrected chi connectivity index (χ4v) is 16.2. The van der Waals surface area contributed by atoms with Gasteiger partial charge in [-0.15, -0.1) is 0 Å². The molecule has 0 aliphatic heterocycles. The molecule has 0 spiro atoms. The van der Waals surface area contributed by atoms with Crippen molar-refractivity contribution in [3.8, 4) is 0 Å². The Bertz CT molecular complexity index is 495. The molecule has 0 aromatic rings. The van der Waals surface area contributed by atoms with Crippen molar-refractivity contribution in [3.63, 3.8) is 0 Å². The minimum absolute atomic E-state index is 1.20. The summed E-state index contributed by atoms with van der Waals surface area (Å²) in [6, 6.07) is 0. The predicted molar refractivity (Wildman–Crippen MR) is 73.2 cm³/mol. The van der Waals surface area contributed by atoms with Gasteiger partial charge >= 0.3 is 102 Å². The Labute approximate surface area is 102 Å². The molecular weight excluding hydrogens is 287 g/mol. The van der Waals surface area contributed by atoms with Gasteiger partial charge in [-0.25, -0.2) is 0 Å². The van der Waals surface area contributed by atoms with Gasteiger partial charge in [0.15, 0.2) is 0 Å². The molecule has 0 aromatic heterocycles. The summed E-state index contributed by atoms with van der Waals surface area (Å²) >= 11 is -2.72. The van der Waals surface area contributed by atoms with Crippen LogP contribution in [-0.4, -0.2) is 6.88 Å². The Hall–Kier alpha value is 0.0600. The average Bonchev–Trinajstić information content (AvgIpc) is 2.89. The van der Waals surface area contributed by atoms with Crippen LogP contribution >= 0.6 is 0 Å². The monoisotopic (exact) mass is 308 g/mol. The summed E-state index contributed by atoms with van der Waals surface area (Å²) in [5.41, 5.74) is 1.64. The van der Waals surface area contributed by atoms with Crippen LogP contribution in [0.15, 0.2) is 42.5 Å². The van der Waals surface area contributed by atoms with Gasteiger partial charge in [-0.2, -0.15) is 0 Å². The first kappa shape index (κ1) is 12.5. The third kappa shape index (κ3) is 1.95. The van der Waals surface area contributed by atoms with Crippen LogP contribution in [0.25, 0.3) is 0 Å². The van der Waals surface area contributed by atoms with Crippen LogP contribution in [-0.2, 0) is 17.4 Å². The van der Waals surface area contributed by atoms with Gasteiger partial charge in [-0.1, -0.05) is 0 Å². The van der Waals surface area contributed by atoms with Gasteiger partial charge in [0.2, 0.25) is 0 Å². The third-order valence-corrected chi connectivity index (χ3v) is 21.4. The standard InChI is InChI=1S/C7H9.C5H5.2CH3.H2Si.Zr/c1-2-7-5-3-4-6-7;1-2-4-5-3-1;;;;/h3,5H,2,4H2,1H3;1-3H,4H2;2*1H3;1H2;. The molecule has 86 valence electrons. The fraction of sp³-hybridized carbons (Fsp3) is 0.429. The quantitative estimate of drug-likeness (QED) is 0.696. The van der Waals surface area contributed by atoms with E-state index in [1.54, 1.807) is 8.85 Å². The normalized spacial score (nSPS) is 20.9. The number of hydrogen-bond donors (Lipinski definition) is 0. The van der Waals surface area contributed by atoms with E-state index in [1.165, 1.54) is 19.3 Å². The Kier molecular flexibility index (Phi) is 3.18. The molecule has 0 saturated carbocycles. The van der Waals surface area contributed by atoms with E-state index in [0.29, 0.717) is 0 Å². The van der Waals surface area contributed by atoms with Gasteiger partial charge < -0.3 is 0 Å². The van der Waals surface area contributed by atoms with Crippen molar-refractivity contribution in [2.45, 2.75) is 35.4 Å². The topological polar surface area (TPSA) is 0 Å². The minimum atomic E-state index is -2.72. The molecule has 2 aliphatic carbocycles. The van der Waals surface area contributed by atoms with E-state index >= 15 is 0 Å². The molecular formula is C14H22SiZr. The van der Waals surface area contributed by atoms with E-state index < -0.39 is 17.4 Å². The van der Waals surface area contributed by atoms with Crippen LogP contribution in [0.1, 0.15) is 26.2 Å². The molecule has 0 saturated heterocycles. The molecule has 2 heteroatoms. The summed E-state index contributed by atoms with van der Waals surface area (Å²) in [7, 11) is 0. The maximum absolute atomic E-state index is 2.72. The van der Waals surface area contributed by atoms with Crippen molar-refractivity contribution in [2.24, 2.45) is 0 Å². The number of allylic oxidation sites excluding steroid dienone is 8. The molecule has 0 fully saturated rings. The Morgan fingerprint density at radius 3 is 2.56 bits per heavy atom. The zero-order valence-corrected chi connectivity index (χ0v) is 14.6. The van der Waals surface area contributed by atoms with Crippen LogP contribution < -0.4 is 0 Å². The van der Waals surface area contributed by atoms with Gasteiger partial charge in [0.05, 0.1) is 0 Å². The number of rotatable bonds is 3. The molecule has 2 rings (SSSR count). The SMILES string of the molecule is CCC1=[C]([Zr]([CH3])([CH3])(=[SiH2])[C]2=CC=CC2)CC=C1. The van der Waals surface area contributed by atoms with E-state index in [-0.39, 0.29) is 0 Å². The van der Waals surface area contributed by atoms with Crippen molar-refractivity contribution < 1.29 is 17.4 Å². The molecule has 0 heterocycles. The van der Waals surface area contributed by atoms with Crippen LogP contribution in [0.5, 0.6) is 0 Å². The molecule has 0 unspecified atom stereocenters. The molecule has 0 amide bonds. The summed E-state index contributed by atoms with van der Waals surface area (Å²) in [5.74, 6) is 0. The maximum atomic E-state index is 2.61. The van der Waals surface area contributed by atoms with E-state index in [0.717, 1.165) is 0 Å². The van der Waals surface area contributed by atoms with Crippen LogP contribution in [0.4, 0.5) is 0 Å². The Morgan fingerprint density at radius 1 is 1.25 bits per heavy atom. The molecule has 0 nitrogen and oxygen atoms in total. The summed E-state index contributed by atoms with van der Waals surface area (Å²) < 4.78 is 8.81. The Morgan fingerprint density at radius 2 is 2.00 bits per heavy atom. The third-order valence-electron chi connectivity index (χ3n) is 4.18. The van der Waals surface area contributed by atoms with E-state index in [2.05, 4.69) is 53.4 Å². The second-order valence-electron chi connectivity index (χ2n) is 5.97. The van der Waals surface area contributed by atoms with Crippen molar-refractivity contribution in [1.82, 2.24) is 0 Å². The van der Waals surface area contributed by atoms with Crippen LogP contribution in [0.2, 0.25) is 9.26 Å². The second-order valence-corrected chi connectivity index (χ2v) is 34.8. The zero-order chi connectivity index (χ0) is 11.8. The molecule has 0 bridgehead atoms. The molecule has 16 heavy (non-hydrogen) atoms. The molecule has 0 N–H and O–H groups in total. The van der Waals surface area contributed by atoms with E-state index in [4.69, 9.17) is 0 Å². The van der Waals surface area contributed by atoms with E-state index in [1.807, 2.05) is 3.28 Å². The first-order valence-electron chi connectivity index (χ1n) is 6.27. The van der Waals surface area contributed by atoms with Crippen LogP contribution in [0, 0.1) is 0 Å². The van der Waals surface area contributed by atoms with Gasteiger partial charge in [-0.05, 0) is 0 Å². The molecule has 0 radical (unpaired) electrons. The van der Waals surface area contributed by atoms with Crippen molar-refractivity contribution in [2.75, 3.05) is 0 Å². The predicted octanol–water partition coefficient (Wildman–Crippen LogP) is 3.79. The molecule has 0 atom stereocenters. The Balaban J connectivity index is 2.50. The van der Waals surface area contributed by atoms with Crippen molar-refractivity contribution >= 4 is 6.88 Å². The van der Waals surface area contributed by atoms with Gasteiger partial charge in [0.25, 0.3) is 0 Å². The summed E-state index contributed by atoms with van der Waals surface area (Å²) in [4.78, 5) is 0. The van der Waals surface area contributed by atoms with Gasteiger partial charge in [0.1, 0.15) is 0 Å². The first-order valence-corrected chi connectivity index (χ1v) is 19.6. The number of hydrogen-bond acceptors (Lipinski definition) is 0. The average molecular weight is 310 g/mol. The second kappa shape index (κ2) is 4.07. The fourth-order valence-electron chi connectivity index (χ4n) is 2.96. The zero-order valence-electron chi connectivity index (χ0n) is 10.7. The summed E-state index contributed by atoms with van der Waals surface area (Å²) in [5, 5.41) is 0. The van der Waals surface area contributed by atoms with E-state index in [9.17, 15) is 0 Å². The van der Waals surface area contributed by atoms with Gasteiger partial charge in [0, 0.05) is 0 Å². The molecule has 2 aliphatic rings. The van der Waals surface area contributed by atoms with Gasteiger partial charge in [-0.3, -0.25) is 0 Å². The molecule has 0 aromatic carbocycles. The van der Waals surface area contributed by atoms with Crippen LogP contribution in [0.3, 0.4) is 0 Å². The first-order chi connectivity index (χ1) is 7.44. The van der Waals surface area contributed by atoms with Crippen molar-refractivity contribution in [3.05, 3.63) is 42.5 Å². The summed E-state index contributed by atoms with van der Waals surface area (Å²) in [6.45, 7) is 4.65. The summed E-state index contributed by atoms with van der Waals surface area (Å²) in [6.07, 6.45) is 15.3.